The Kier molecular flexibility index (Phi) is 10.7. The second-order valence-corrected chi connectivity index (χ2v) is 7.27. The van der Waals surface area contributed by atoms with E-state index in [-0.39, 0.29) is 36.6 Å². The van der Waals surface area contributed by atoms with Gasteiger partial charge < -0.3 is 29.8 Å². The number of carbonyl (C=O) groups is 1. The van der Waals surface area contributed by atoms with Gasteiger partial charge in [-0.3, -0.25) is 0 Å². The summed E-state index contributed by atoms with van der Waals surface area (Å²) < 4.78 is 10.6. The molecule has 1 rings (SSSR count). The van der Waals surface area contributed by atoms with Crippen molar-refractivity contribution >= 4 is 36.0 Å². The van der Waals surface area contributed by atoms with Crippen molar-refractivity contribution in [3.8, 4) is 0 Å². The quantitative estimate of drug-likeness (QED) is 0.305. The minimum Gasteiger partial charge on any atom is -0.466 e. The zero-order valence-corrected chi connectivity index (χ0v) is 19.4. The first kappa shape index (κ1) is 25.5. The number of guanidine groups is 1. The smallest absolute Gasteiger partial charge is 0.410 e. The van der Waals surface area contributed by atoms with Crippen LogP contribution in [0.2, 0.25) is 0 Å². The van der Waals surface area contributed by atoms with E-state index in [0.717, 1.165) is 0 Å². The summed E-state index contributed by atoms with van der Waals surface area (Å²) in [5, 5.41) is 16.7. The maximum absolute atomic E-state index is 11.9. The molecule has 0 saturated carbocycles. The normalized spacial score (nSPS) is 14.0. The SMILES string of the molecule is CCNC(=NCC(C)(O)c1ccco1)NCCN(C)C(=O)OC(C)(C)C.I. The van der Waals surface area contributed by atoms with Gasteiger partial charge in [0.2, 0.25) is 0 Å². The largest absolute Gasteiger partial charge is 0.466 e. The molecule has 0 spiro atoms. The number of likely N-dealkylation sites (N-methyl/N-ethyl adjacent to an activating group) is 1. The highest BCUT2D eigenvalue weighted by molar-refractivity contribution is 14.0. The zero-order valence-electron chi connectivity index (χ0n) is 17.0. The van der Waals surface area contributed by atoms with Crippen LogP contribution in [0.4, 0.5) is 4.79 Å². The number of ether oxygens (including phenoxy) is 1. The highest BCUT2D eigenvalue weighted by Crippen LogP contribution is 2.20. The van der Waals surface area contributed by atoms with Gasteiger partial charge in [-0.2, -0.15) is 0 Å². The molecule has 0 aromatic carbocycles. The standard InChI is InChI=1S/C18H32N4O4.HI/c1-7-19-15(21-13-18(5,24)14-9-8-12-25-14)20-10-11-22(6)16(23)26-17(2,3)4;/h8-9,12,24H,7,10-11,13H2,1-6H3,(H2,19,20,21);1H. The van der Waals surface area contributed by atoms with Gasteiger partial charge in [-0.25, -0.2) is 9.79 Å². The van der Waals surface area contributed by atoms with Crippen LogP contribution < -0.4 is 10.6 Å². The van der Waals surface area contributed by atoms with Crippen LogP contribution in [0.15, 0.2) is 27.8 Å². The summed E-state index contributed by atoms with van der Waals surface area (Å²) in [5.74, 6) is 1.01. The Bertz CT molecular complexity index is 583. The van der Waals surface area contributed by atoms with Crippen molar-refractivity contribution in [2.24, 2.45) is 4.99 Å². The van der Waals surface area contributed by atoms with Crippen LogP contribution in [-0.2, 0) is 10.3 Å². The molecule has 1 aromatic heterocycles. The fraction of sp³-hybridized carbons (Fsp3) is 0.667. The third-order valence-electron chi connectivity index (χ3n) is 3.39. The van der Waals surface area contributed by atoms with Crippen LogP contribution in [-0.4, -0.2) is 60.9 Å². The molecule has 0 aliphatic heterocycles. The molecule has 9 heteroatoms. The van der Waals surface area contributed by atoms with Crippen molar-refractivity contribution in [1.29, 1.82) is 0 Å². The van der Waals surface area contributed by atoms with Gasteiger partial charge >= 0.3 is 6.09 Å². The number of hydrogen-bond acceptors (Lipinski definition) is 5. The second-order valence-electron chi connectivity index (χ2n) is 7.27. The van der Waals surface area contributed by atoms with Gasteiger partial charge in [0, 0.05) is 26.7 Å². The van der Waals surface area contributed by atoms with E-state index in [2.05, 4.69) is 15.6 Å². The first-order valence-corrected chi connectivity index (χ1v) is 8.78. The molecular weight excluding hydrogens is 463 g/mol. The molecule has 1 heterocycles. The number of rotatable bonds is 7. The van der Waals surface area contributed by atoms with E-state index >= 15 is 0 Å². The molecule has 1 aromatic rings. The van der Waals surface area contributed by atoms with Crippen LogP contribution in [0.1, 0.15) is 40.4 Å². The lowest BCUT2D eigenvalue weighted by Crippen LogP contribution is -2.43. The first-order chi connectivity index (χ1) is 12.0. The molecule has 1 amide bonds. The minimum atomic E-state index is -1.20. The van der Waals surface area contributed by atoms with Crippen molar-refractivity contribution < 1.29 is 19.1 Å². The zero-order chi connectivity index (χ0) is 19.8. The highest BCUT2D eigenvalue weighted by Gasteiger charge is 2.26. The molecular formula is C18H33IN4O4. The first-order valence-electron chi connectivity index (χ1n) is 8.78. The van der Waals surface area contributed by atoms with Gasteiger partial charge in [0.05, 0.1) is 12.8 Å². The summed E-state index contributed by atoms with van der Waals surface area (Å²) in [5.41, 5.74) is -1.72. The maximum atomic E-state index is 11.9. The molecule has 0 aliphatic carbocycles. The van der Waals surface area contributed by atoms with Crippen LogP contribution in [0, 0.1) is 0 Å². The van der Waals surface area contributed by atoms with Crippen molar-refractivity contribution in [2.75, 3.05) is 33.2 Å². The molecule has 0 saturated heterocycles. The van der Waals surface area contributed by atoms with Gasteiger partial charge in [-0.15, -0.1) is 24.0 Å². The van der Waals surface area contributed by atoms with E-state index in [0.29, 0.717) is 31.4 Å². The van der Waals surface area contributed by atoms with E-state index < -0.39 is 11.2 Å². The third-order valence-corrected chi connectivity index (χ3v) is 3.39. The number of nitrogens with zero attached hydrogens (tertiary/aromatic N) is 2. The third kappa shape index (κ3) is 9.85. The lowest BCUT2D eigenvalue weighted by atomic mass is 10.0. The predicted molar refractivity (Wildman–Crippen MR) is 117 cm³/mol. The number of carbonyl (C=O) groups excluding carboxylic acids is 1. The van der Waals surface area contributed by atoms with E-state index in [1.807, 2.05) is 27.7 Å². The Balaban J connectivity index is 0.00000676. The summed E-state index contributed by atoms with van der Waals surface area (Å²) in [6.07, 6.45) is 1.14. The van der Waals surface area contributed by atoms with Crippen LogP contribution in [0.3, 0.4) is 0 Å². The number of hydrogen-bond donors (Lipinski definition) is 3. The van der Waals surface area contributed by atoms with Gasteiger partial charge in [-0.05, 0) is 46.8 Å². The molecule has 1 atom stereocenters. The van der Waals surface area contributed by atoms with Crippen molar-refractivity contribution in [2.45, 2.75) is 45.8 Å². The van der Waals surface area contributed by atoms with E-state index in [9.17, 15) is 9.90 Å². The Labute approximate surface area is 178 Å². The molecule has 3 N–H and O–H groups in total. The second kappa shape index (κ2) is 11.4. The Morgan fingerprint density at radius 3 is 2.52 bits per heavy atom. The van der Waals surface area contributed by atoms with Crippen LogP contribution >= 0.6 is 24.0 Å². The summed E-state index contributed by atoms with van der Waals surface area (Å²) in [6, 6.07) is 3.44. The average Bonchev–Trinajstić information content (AvgIpc) is 3.06. The average molecular weight is 496 g/mol. The highest BCUT2D eigenvalue weighted by atomic mass is 127. The summed E-state index contributed by atoms with van der Waals surface area (Å²) in [4.78, 5) is 17.8. The number of aliphatic imine (C=N–C) groups is 1. The Morgan fingerprint density at radius 2 is 2.00 bits per heavy atom. The van der Waals surface area contributed by atoms with Crippen molar-refractivity contribution in [3.63, 3.8) is 0 Å². The lowest BCUT2D eigenvalue weighted by molar-refractivity contribution is 0.0302. The molecule has 0 fully saturated rings. The van der Waals surface area contributed by atoms with Gasteiger partial charge in [0.15, 0.2) is 5.96 Å². The number of furan rings is 1. The molecule has 0 bridgehead atoms. The van der Waals surface area contributed by atoms with Crippen LogP contribution in [0.25, 0.3) is 0 Å². The predicted octanol–water partition coefficient (Wildman–Crippen LogP) is 2.53. The molecule has 27 heavy (non-hydrogen) atoms. The molecule has 8 nitrogen and oxygen atoms in total. The molecule has 0 radical (unpaired) electrons. The van der Waals surface area contributed by atoms with Gasteiger partial charge in [0.25, 0.3) is 0 Å². The number of aliphatic hydroxyl groups is 1. The fourth-order valence-corrected chi connectivity index (χ4v) is 2.01. The molecule has 1 unspecified atom stereocenters. The topological polar surface area (TPSA) is 99.3 Å². The van der Waals surface area contributed by atoms with Gasteiger partial charge in [0.1, 0.15) is 17.0 Å². The number of amides is 1. The Hall–Kier alpha value is -1.49. The van der Waals surface area contributed by atoms with E-state index in [1.54, 1.807) is 26.1 Å². The molecule has 0 aliphatic rings. The monoisotopic (exact) mass is 496 g/mol. The summed E-state index contributed by atoms with van der Waals surface area (Å²) in [6.45, 7) is 10.9. The molecule has 156 valence electrons. The van der Waals surface area contributed by atoms with Gasteiger partial charge in [-0.1, -0.05) is 0 Å². The fourth-order valence-electron chi connectivity index (χ4n) is 2.01. The number of halogens is 1. The number of nitrogens with one attached hydrogen (secondary N) is 2. The minimum absolute atomic E-state index is 0. The lowest BCUT2D eigenvalue weighted by Gasteiger charge is -2.25. The van der Waals surface area contributed by atoms with E-state index in [1.165, 1.54) is 11.2 Å². The van der Waals surface area contributed by atoms with Crippen LogP contribution in [0.5, 0.6) is 0 Å². The maximum Gasteiger partial charge on any atom is 0.410 e. The van der Waals surface area contributed by atoms with Crippen molar-refractivity contribution in [1.82, 2.24) is 15.5 Å². The summed E-state index contributed by atoms with van der Waals surface area (Å²) in [7, 11) is 1.68. The summed E-state index contributed by atoms with van der Waals surface area (Å²) >= 11 is 0. The Morgan fingerprint density at radius 1 is 1.33 bits per heavy atom. The van der Waals surface area contributed by atoms with Crippen molar-refractivity contribution in [3.05, 3.63) is 24.2 Å². The van der Waals surface area contributed by atoms with E-state index in [4.69, 9.17) is 9.15 Å².